The Kier molecular flexibility index (Phi) is 3.97. The monoisotopic (exact) mass is 309 g/mol. The first-order valence-electron chi connectivity index (χ1n) is 5.26. The average molecular weight is 310 g/mol. The number of carbonyl (C=O) groups is 1. The van der Waals surface area contributed by atoms with Crippen molar-refractivity contribution in [3.05, 3.63) is 56.7 Å². The van der Waals surface area contributed by atoms with E-state index in [0.717, 1.165) is 14.9 Å². The van der Waals surface area contributed by atoms with Crippen molar-refractivity contribution in [1.29, 1.82) is 0 Å². The fourth-order valence-electron chi connectivity index (χ4n) is 1.53. The molecule has 4 heteroatoms. The van der Waals surface area contributed by atoms with E-state index in [4.69, 9.17) is 0 Å². The minimum atomic E-state index is -0.0209. The predicted octanol–water partition coefficient (Wildman–Crippen LogP) is 4.00. The minimum absolute atomic E-state index is 0.00194. The molecule has 2 aromatic rings. The van der Waals surface area contributed by atoms with Gasteiger partial charge >= 0.3 is 0 Å². The van der Waals surface area contributed by atoms with Gasteiger partial charge in [-0.3, -0.25) is 4.79 Å². The van der Waals surface area contributed by atoms with Crippen LogP contribution < -0.4 is 5.32 Å². The summed E-state index contributed by atoms with van der Waals surface area (Å²) in [4.78, 5) is 12.6. The Morgan fingerprint density at radius 3 is 2.82 bits per heavy atom. The van der Waals surface area contributed by atoms with Gasteiger partial charge in [0.25, 0.3) is 5.91 Å². The van der Waals surface area contributed by atoms with E-state index in [-0.39, 0.29) is 11.9 Å². The van der Waals surface area contributed by atoms with Gasteiger partial charge in [0.15, 0.2) is 0 Å². The maximum Gasteiger partial charge on any atom is 0.261 e. The van der Waals surface area contributed by atoms with Crippen LogP contribution in [0.15, 0.2) is 46.3 Å². The lowest BCUT2D eigenvalue weighted by Crippen LogP contribution is -2.25. The van der Waals surface area contributed by atoms with E-state index in [1.165, 1.54) is 11.3 Å². The van der Waals surface area contributed by atoms with Crippen molar-refractivity contribution >= 4 is 33.2 Å². The standard InChI is InChI=1S/C13H12BrNOS/c1-9(10-4-2-5-11(14)8-10)15-13(16)12-6-3-7-17-12/h2-9H,1H3,(H,15,16)/t9-/m1/s1. The highest BCUT2D eigenvalue weighted by atomic mass is 79.9. The van der Waals surface area contributed by atoms with Crippen LogP contribution in [0.25, 0.3) is 0 Å². The second-order valence-corrected chi connectivity index (χ2v) is 5.59. The Morgan fingerprint density at radius 2 is 2.18 bits per heavy atom. The molecule has 0 aliphatic rings. The molecule has 0 unspecified atom stereocenters. The number of nitrogens with one attached hydrogen (secondary N) is 1. The quantitative estimate of drug-likeness (QED) is 0.912. The zero-order chi connectivity index (χ0) is 12.3. The van der Waals surface area contributed by atoms with E-state index in [2.05, 4.69) is 21.2 Å². The van der Waals surface area contributed by atoms with Gasteiger partial charge in [-0.05, 0) is 36.1 Å². The molecule has 88 valence electrons. The molecule has 2 nitrogen and oxygen atoms in total. The summed E-state index contributed by atoms with van der Waals surface area (Å²) in [6.45, 7) is 1.98. The van der Waals surface area contributed by atoms with Crippen LogP contribution in [0.3, 0.4) is 0 Å². The molecule has 1 heterocycles. The number of amides is 1. The highest BCUT2D eigenvalue weighted by Gasteiger charge is 2.11. The summed E-state index contributed by atoms with van der Waals surface area (Å²) in [7, 11) is 0. The number of rotatable bonds is 3. The van der Waals surface area contributed by atoms with E-state index in [1.54, 1.807) is 0 Å². The number of hydrogen-bond donors (Lipinski definition) is 1. The number of hydrogen-bond acceptors (Lipinski definition) is 2. The summed E-state index contributed by atoms with van der Waals surface area (Å²) < 4.78 is 1.02. The first-order valence-corrected chi connectivity index (χ1v) is 6.94. The van der Waals surface area contributed by atoms with Gasteiger partial charge in [0.2, 0.25) is 0 Å². The van der Waals surface area contributed by atoms with Crippen LogP contribution in [0.5, 0.6) is 0 Å². The molecule has 0 saturated carbocycles. The second kappa shape index (κ2) is 5.47. The number of thiophene rings is 1. The summed E-state index contributed by atoms with van der Waals surface area (Å²) in [5.74, 6) is -0.0209. The lowest BCUT2D eigenvalue weighted by Gasteiger charge is -2.13. The van der Waals surface area contributed by atoms with Gasteiger partial charge in [-0.25, -0.2) is 0 Å². The molecule has 0 aliphatic heterocycles. The van der Waals surface area contributed by atoms with Crippen molar-refractivity contribution in [3.63, 3.8) is 0 Å². The molecule has 0 radical (unpaired) electrons. The molecule has 1 aromatic carbocycles. The van der Waals surface area contributed by atoms with Gasteiger partial charge in [0.1, 0.15) is 0 Å². The SMILES string of the molecule is C[C@@H](NC(=O)c1cccs1)c1cccc(Br)c1. The van der Waals surface area contributed by atoms with Crippen LogP contribution in [0.4, 0.5) is 0 Å². The summed E-state index contributed by atoms with van der Waals surface area (Å²) in [5.41, 5.74) is 1.09. The Labute approximate surface area is 113 Å². The molecule has 0 saturated heterocycles. The zero-order valence-corrected chi connectivity index (χ0v) is 11.7. The summed E-state index contributed by atoms with van der Waals surface area (Å²) >= 11 is 4.87. The van der Waals surface area contributed by atoms with Gasteiger partial charge < -0.3 is 5.32 Å². The molecule has 0 fully saturated rings. The first kappa shape index (κ1) is 12.3. The fraction of sp³-hybridized carbons (Fsp3) is 0.154. The smallest absolute Gasteiger partial charge is 0.261 e. The predicted molar refractivity (Wildman–Crippen MR) is 74.3 cm³/mol. The van der Waals surface area contributed by atoms with Gasteiger partial charge in [-0.1, -0.05) is 34.1 Å². The molecule has 0 bridgehead atoms. The Hall–Kier alpha value is -1.13. The summed E-state index contributed by atoms with van der Waals surface area (Å²) in [6.07, 6.45) is 0. The van der Waals surface area contributed by atoms with Crippen molar-refractivity contribution in [2.75, 3.05) is 0 Å². The first-order chi connectivity index (χ1) is 8.16. The molecule has 17 heavy (non-hydrogen) atoms. The topological polar surface area (TPSA) is 29.1 Å². The molecule has 1 amide bonds. The van der Waals surface area contributed by atoms with E-state index in [0.29, 0.717) is 0 Å². The van der Waals surface area contributed by atoms with Gasteiger partial charge in [0, 0.05) is 4.47 Å². The molecule has 2 rings (SSSR count). The number of carbonyl (C=O) groups excluding carboxylic acids is 1. The number of benzene rings is 1. The van der Waals surface area contributed by atoms with Gasteiger partial charge in [-0.2, -0.15) is 0 Å². The fourth-order valence-corrected chi connectivity index (χ4v) is 2.58. The van der Waals surface area contributed by atoms with Crippen LogP contribution in [0.2, 0.25) is 0 Å². The zero-order valence-electron chi connectivity index (χ0n) is 9.31. The van der Waals surface area contributed by atoms with Crippen LogP contribution >= 0.6 is 27.3 Å². The third kappa shape index (κ3) is 3.17. The maximum atomic E-state index is 11.9. The third-order valence-electron chi connectivity index (χ3n) is 2.44. The van der Waals surface area contributed by atoms with Crippen LogP contribution in [0, 0.1) is 0 Å². The van der Waals surface area contributed by atoms with Crippen molar-refractivity contribution in [2.45, 2.75) is 13.0 Å². The van der Waals surface area contributed by atoms with Crippen LogP contribution in [-0.2, 0) is 0 Å². The highest BCUT2D eigenvalue weighted by molar-refractivity contribution is 9.10. The lowest BCUT2D eigenvalue weighted by molar-refractivity contribution is 0.0944. The summed E-state index contributed by atoms with van der Waals surface area (Å²) in [5, 5.41) is 4.88. The molecule has 0 aliphatic carbocycles. The van der Waals surface area contributed by atoms with Crippen LogP contribution in [-0.4, -0.2) is 5.91 Å². The highest BCUT2D eigenvalue weighted by Crippen LogP contribution is 2.18. The van der Waals surface area contributed by atoms with E-state index >= 15 is 0 Å². The molecule has 1 aromatic heterocycles. The third-order valence-corrected chi connectivity index (χ3v) is 3.80. The molecule has 1 N–H and O–H groups in total. The number of halogens is 1. The van der Waals surface area contributed by atoms with Gasteiger partial charge in [-0.15, -0.1) is 11.3 Å². The van der Waals surface area contributed by atoms with E-state index < -0.39 is 0 Å². The average Bonchev–Trinajstić information content (AvgIpc) is 2.82. The second-order valence-electron chi connectivity index (χ2n) is 3.73. The van der Waals surface area contributed by atoms with Gasteiger partial charge in [0.05, 0.1) is 10.9 Å². The lowest BCUT2D eigenvalue weighted by atomic mass is 10.1. The molecular weight excluding hydrogens is 298 g/mol. The van der Waals surface area contributed by atoms with Crippen molar-refractivity contribution in [1.82, 2.24) is 5.32 Å². The normalized spacial score (nSPS) is 12.1. The van der Waals surface area contributed by atoms with Crippen molar-refractivity contribution < 1.29 is 4.79 Å². The largest absolute Gasteiger partial charge is 0.345 e. The summed E-state index contributed by atoms with van der Waals surface area (Å²) in [6, 6.07) is 11.7. The van der Waals surface area contributed by atoms with Crippen molar-refractivity contribution in [3.8, 4) is 0 Å². The Morgan fingerprint density at radius 1 is 1.35 bits per heavy atom. The minimum Gasteiger partial charge on any atom is -0.345 e. The molecular formula is C13H12BrNOS. The van der Waals surface area contributed by atoms with E-state index in [9.17, 15) is 4.79 Å². The van der Waals surface area contributed by atoms with Crippen LogP contribution in [0.1, 0.15) is 28.2 Å². The maximum absolute atomic E-state index is 11.9. The molecule has 0 spiro atoms. The Balaban J connectivity index is 2.07. The van der Waals surface area contributed by atoms with E-state index in [1.807, 2.05) is 48.7 Å². The molecule has 1 atom stereocenters. The Bertz CT molecular complexity index is 510. The van der Waals surface area contributed by atoms with Crippen molar-refractivity contribution in [2.24, 2.45) is 0 Å².